The summed E-state index contributed by atoms with van der Waals surface area (Å²) >= 11 is 0. The maximum absolute atomic E-state index is 12.7. The van der Waals surface area contributed by atoms with Crippen LogP contribution in [0.2, 0.25) is 0 Å². The highest BCUT2D eigenvalue weighted by atomic mass is 19.4. The number of carboxylic acid groups (broad SMARTS) is 1. The number of rotatable bonds is 3. The zero-order chi connectivity index (χ0) is 14.1. The van der Waals surface area contributed by atoms with Crippen LogP contribution in [0.3, 0.4) is 0 Å². The summed E-state index contributed by atoms with van der Waals surface area (Å²) in [5.41, 5.74) is 1.88. The van der Waals surface area contributed by atoms with Crippen molar-refractivity contribution in [1.82, 2.24) is 0 Å². The second kappa shape index (κ2) is 4.83. The van der Waals surface area contributed by atoms with Crippen LogP contribution in [-0.2, 0) is 6.18 Å². The Balaban J connectivity index is 3.52. The molecule has 100 valence electrons. The summed E-state index contributed by atoms with van der Waals surface area (Å²) < 4.78 is 38.0. The number of aliphatic hydroxyl groups is 2. The molecule has 1 aromatic carbocycles. The largest absolute Gasteiger partial charge is 0.545 e. The Labute approximate surface area is 99.3 Å². The lowest BCUT2D eigenvalue weighted by molar-refractivity contribution is -0.254. The van der Waals surface area contributed by atoms with Gasteiger partial charge in [0.1, 0.15) is 6.10 Å². The van der Waals surface area contributed by atoms with Gasteiger partial charge in [-0.2, -0.15) is 13.2 Å². The van der Waals surface area contributed by atoms with Crippen molar-refractivity contribution >= 4 is 11.7 Å². The first-order valence-electron chi connectivity index (χ1n) is 4.69. The van der Waals surface area contributed by atoms with Crippen molar-refractivity contribution in [3.05, 3.63) is 28.8 Å². The molecule has 0 aliphatic rings. The molecule has 0 bridgehead atoms. The molecular weight excluding hydrogens is 255 g/mol. The number of hydrogen-bond donors (Lipinski definition) is 3. The number of aromatic carboxylic acids is 1. The van der Waals surface area contributed by atoms with Crippen molar-refractivity contribution in [3.8, 4) is 0 Å². The smallest absolute Gasteiger partial charge is 0.416 e. The monoisotopic (exact) mass is 264 g/mol. The van der Waals surface area contributed by atoms with E-state index in [0.717, 1.165) is 0 Å². The minimum absolute atomic E-state index is 0.277. The molecule has 0 saturated heterocycles. The van der Waals surface area contributed by atoms with Crippen molar-refractivity contribution in [2.75, 3.05) is 12.3 Å². The summed E-state index contributed by atoms with van der Waals surface area (Å²) in [6.45, 7) is -0.951. The second-order valence-corrected chi connectivity index (χ2v) is 3.51. The molecule has 8 heteroatoms. The number of aliphatic hydroxyl groups excluding tert-OH is 2. The summed E-state index contributed by atoms with van der Waals surface area (Å²) in [6, 6.07) is 0.938. The fraction of sp³-hybridized carbons (Fsp3) is 0.300. The first-order valence-corrected chi connectivity index (χ1v) is 4.69. The maximum atomic E-state index is 12.7. The van der Waals surface area contributed by atoms with Gasteiger partial charge < -0.3 is 25.8 Å². The van der Waals surface area contributed by atoms with E-state index >= 15 is 0 Å². The zero-order valence-corrected chi connectivity index (χ0v) is 8.86. The molecule has 1 rings (SSSR count). The third kappa shape index (κ3) is 2.71. The first kappa shape index (κ1) is 14.3. The number of carboxylic acids is 1. The van der Waals surface area contributed by atoms with Crippen LogP contribution in [-0.4, -0.2) is 22.8 Å². The highest BCUT2D eigenvalue weighted by Crippen LogP contribution is 2.36. The topological polar surface area (TPSA) is 107 Å². The quantitative estimate of drug-likeness (QED) is 0.648. The van der Waals surface area contributed by atoms with Crippen molar-refractivity contribution in [1.29, 1.82) is 0 Å². The molecule has 1 atom stereocenters. The number of hydrogen-bond acceptors (Lipinski definition) is 5. The zero-order valence-electron chi connectivity index (χ0n) is 8.86. The summed E-state index contributed by atoms with van der Waals surface area (Å²) in [7, 11) is 0. The van der Waals surface area contributed by atoms with Crippen LogP contribution >= 0.6 is 0 Å². The fourth-order valence-electron chi connectivity index (χ4n) is 1.43. The SMILES string of the molecule is Nc1cc(C(O)CO)c(C(F)(F)F)cc1C(=O)[O-]. The number of nitrogens with two attached hydrogens (primary N) is 1. The Morgan fingerprint density at radius 1 is 1.44 bits per heavy atom. The lowest BCUT2D eigenvalue weighted by Crippen LogP contribution is -2.25. The lowest BCUT2D eigenvalue weighted by atomic mass is 9.98. The van der Waals surface area contributed by atoms with Crippen LogP contribution in [0.15, 0.2) is 12.1 Å². The van der Waals surface area contributed by atoms with Crippen LogP contribution < -0.4 is 10.8 Å². The van der Waals surface area contributed by atoms with Gasteiger partial charge >= 0.3 is 6.18 Å². The predicted octanol–water partition coefficient (Wildman–Crippen LogP) is -0.323. The first-order chi connectivity index (χ1) is 8.18. The van der Waals surface area contributed by atoms with E-state index in [9.17, 15) is 28.2 Å². The highest BCUT2D eigenvalue weighted by Gasteiger charge is 2.35. The molecule has 18 heavy (non-hydrogen) atoms. The van der Waals surface area contributed by atoms with E-state index in [2.05, 4.69) is 0 Å². The number of benzene rings is 1. The van der Waals surface area contributed by atoms with Crippen LogP contribution in [0, 0.1) is 0 Å². The van der Waals surface area contributed by atoms with Gasteiger partial charge in [0.05, 0.1) is 18.1 Å². The average molecular weight is 264 g/mol. The average Bonchev–Trinajstić information content (AvgIpc) is 2.25. The van der Waals surface area contributed by atoms with Crippen molar-refractivity contribution in [3.63, 3.8) is 0 Å². The molecule has 4 N–H and O–H groups in total. The van der Waals surface area contributed by atoms with Crippen molar-refractivity contribution < 1.29 is 33.3 Å². The van der Waals surface area contributed by atoms with Crippen LogP contribution in [0.1, 0.15) is 27.6 Å². The molecule has 0 aromatic heterocycles. The summed E-state index contributed by atoms with van der Waals surface area (Å²) in [4.78, 5) is 10.6. The van der Waals surface area contributed by atoms with Crippen LogP contribution in [0.5, 0.6) is 0 Å². The van der Waals surface area contributed by atoms with Crippen LogP contribution in [0.4, 0.5) is 18.9 Å². The molecule has 0 heterocycles. The summed E-state index contributed by atoms with van der Waals surface area (Å²) in [6.07, 6.45) is -6.69. The standard InChI is InChI=1S/C10H10F3NO4/c11-10(12,13)6-1-5(9(17)18)7(14)2-4(6)8(16)3-15/h1-2,8,15-16H,3,14H2,(H,17,18)/p-1. The normalized spacial score (nSPS) is 13.4. The summed E-state index contributed by atoms with van der Waals surface area (Å²) in [5.74, 6) is -1.86. The Morgan fingerprint density at radius 3 is 2.39 bits per heavy atom. The Morgan fingerprint density at radius 2 is 2.00 bits per heavy atom. The van der Waals surface area contributed by atoms with E-state index in [1.165, 1.54) is 0 Å². The number of anilines is 1. The fourth-order valence-corrected chi connectivity index (χ4v) is 1.43. The van der Waals surface area contributed by atoms with E-state index < -0.39 is 47.2 Å². The molecule has 0 saturated carbocycles. The molecule has 0 aliphatic carbocycles. The number of alkyl halides is 3. The van der Waals surface area contributed by atoms with Crippen molar-refractivity contribution in [2.24, 2.45) is 0 Å². The van der Waals surface area contributed by atoms with Crippen molar-refractivity contribution in [2.45, 2.75) is 12.3 Å². The third-order valence-corrected chi connectivity index (χ3v) is 2.28. The molecule has 1 aromatic rings. The van der Waals surface area contributed by atoms with Gasteiger partial charge in [0.25, 0.3) is 0 Å². The molecule has 5 nitrogen and oxygen atoms in total. The second-order valence-electron chi connectivity index (χ2n) is 3.51. The molecule has 1 unspecified atom stereocenters. The van der Waals surface area contributed by atoms with Gasteiger partial charge in [-0.15, -0.1) is 0 Å². The minimum Gasteiger partial charge on any atom is -0.545 e. The van der Waals surface area contributed by atoms with E-state index in [4.69, 9.17) is 10.8 Å². The third-order valence-electron chi connectivity index (χ3n) is 2.28. The van der Waals surface area contributed by atoms with E-state index in [1.807, 2.05) is 0 Å². The molecule has 0 radical (unpaired) electrons. The molecule has 0 aliphatic heterocycles. The van der Waals surface area contributed by atoms with E-state index in [0.29, 0.717) is 6.07 Å². The van der Waals surface area contributed by atoms with Gasteiger partial charge in [-0.05, 0) is 17.7 Å². The predicted molar refractivity (Wildman–Crippen MR) is 52.2 cm³/mol. The van der Waals surface area contributed by atoms with Gasteiger partial charge in [-0.25, -0.2) is 0 Å². The summed E-state index contributed by atoms with van der Waals surface area (Å²) in [5, 5.41) is 28.5. The maximum Gasteiger partial charge on any atom is 0.416 e. The number of carbonyl (C=O) groups is 1. The molecular formula is C10H9F3NO4-. The van der Waals surface area contributed by atoms with Crippen LogP contribution in [0.25, 0.3) is 0 Å². The van der Waals surface area contributed by atoms with E-state index in [-0.39, 0.29) is 6.07 Å². The Bertz CT molecular complexity index is 473. The molecule has 0 amide bonds. The highest BCUT2D eigenvalue weighted by molar-refractivity contribution is 5.92. The Kier molecular flexibility index (Phi) is 3.82. The molecule has 0 spiro atoms. The van der Waals surface area contributed by atoms with Gasteiger partial charge in [-0.1, -0.05) is 0 Å². The lowest BCUT2D eigenvalue weighted by Gasteiger charge is -2.19. The number of nitrogen functional groups attached to an aromatic ring is 1. The molecule has 0 fully saturated rings. The number of carbonyl (C=O) groups excluding carboxylic acids is 1. The van der Waals surface area contributed by atoms with E-state index in [1.54, 1.807) is 0 Å². The minimum atomic E-state index is -4.89. The number of halogens is 3. The van der Waals surface area contributed by atoms with Gasteiger partial charge in [0.15, 0.2) is 0 Å². The van der Waals surface area contributed by atoms with Gasteiger partial charge in [-0.3, -0.25) is 0 Å². The Hall–Kier alpha value is -1.80. The van der Waals surface area contributed by atoms with Gasteiger partial charge in [0, 0.05) is 11.3 Å². The van der Waals surface area contributed by atoms with Gasteiger partial charge in [0.2, 0.25) is 0 Å².